The fraction of sp³-hybridized carbons (Fsp3) is 1.00. The van der Waals surface area contributed by atoms with Crippen LogP contribution >= 0.6 is 0 Å². The molecule has 0 amide bonds. The minimum Gasteiger partial charge on any atom is -0.244 e. The fourth-order valence-corrected chi connectivity index (χ4v) is 0.149. The third kappa shape index (κ3) is 5.76. The maximum absolute atomic E-state index is 4.90. The molecule has 0 aromatic rings. The van der Waals surface area contributed by atoms with E-state index in [4.69, 9.17) is 17.5 Å². The van der Waals surface area contributed by atoms with Gasteiger partial charge in [-0.1, -0.05) is 0 Å². The average Bonchev–Trinajstić information content (AvgIpc) is 1.27. The summed E-state index contributed by atoms with van der Waals surface area (Å²) in [6, 6.07) is 0. The van der Waals surface area contributed by atoms with Crippen LogP contribution in [0.2, 0.25) is 0 Å². The van der Waals surface area contributed by atoms with E-state index >= 15 is 0 Å². The summed E-state index contributed by atoms with van der Waals surface area (Å²) < 4.78 is 0. The molecule has 0 aromatic carbocycles. The van der Waals surface area contributed by atoms with Gasteiger partial charge in [-0.05, 0) is 5.28 Å². The van der Waals surface area contributed by atoms with Crippen LogP contribution in [0.1, 0.15) is 0 Å². The molecule has 0 aliphatic carbocycles. The molecule has 6 N–H and O–H groups in total. The average molecular weight is 107 g/mol. The standard InChI is InChI=1S/CH9N5O/c1-5(2)7-6(3)4/h2-4H2,1H3. The third-order valence-electron chi connectivity index (χ3n) is 0.223. The topological polar surface area (TPSA) is 93.8 Å². The molecule has 0 spiro atoms. The molecule has 7 heavy (non-hydrogen) atoms. The van der Waals surface area contributed by atoms with Crippen LogP contribution in [0.3, 0.4) is 0 Å². The molecule has 0 rings (SSSR count). The molecule has 0 radical (unpaired) electrons. The first kappa shape index (κ1) is 6.76. The number of hydrogen-bond donors (Lipinski definition) is 3. The van der Waals surface area contributed by atoms with Crippen molar-refractivity contribution in [3.05, 3.63) is 0 Å². The molecule has 0 saturated carbocycles. The molecule has 0 aromatic heterocycles. The third-order valence-corrected chi connectivity index (χ3v) is 0.223. The van der Waals surface area contributed by atoms with E-state index in [1.165, 1.54) is 7.05 Å². The number of nitrogens with zero attached hydrogens (tertiary/aromatic N) is 2. The summed E-state index contributed by atoms with van der Waals surface area (Å²) in [5.41, 5.74) is 0. The number of hydrogen-bond acceptors (Lipinski definition) is 6. The van der Waals surface area contributed by atoms with Gasteiger partial charge in [0.1, 0.15) is 0 Å². The molecule has 0 unspecified atom stereocenters. The van der Waals surface area contributed by atoms with Crippen LogP contribution in [-0.2, 0) is 4.94 Å². The maximum atomic E-state index is 4.90. The van der Waals surface area contributed by atoms with Crippen molar-refractivity contribution in [3.63, 3.8) is 0 Å². The smallest absolute Gasteiger partial charge is 0.0306 e. The highest BCUT2D eigenvalue weighted by atomic mass is 16.9. The van der Waals surface area contributed by atoms with E-state index in [1.54, 1.807) is 0 Å². The van der Waals surface area contributed by atoms with E-state index < -0.39 is 0 Å². The zero-order valence-electron chi connectivity index (χ0n) is 4.03. The summed E-state index contributed by atoms with van der Waals surface area (Å²) in [6.07, 6.45) is 0. The van der Waals surface area contributed by atoms with Crippen LogP contribution in [0.15, 0.2) is 0 Å². The number of rotatable bonds is 2. The van der Waals surface area contributed by atoms with Crippen molar-refractivity contribution in [1.29, 1.82) is 0 Å². The van der Waals surface area contributed by atoms with Gasteiger partial charge in [-0.15, -0.1) is 5.17 Å². The van der Waals surface area contributed by atoms with E-state index in [0.717, 1.165) is 5.17 Å². The highest BCUT2D eigenvalue weighted by Gasteiger charge is 1.89. The molecule has 0 aliphatic heterocycles. The van der Waals surface area contributed by atoms with Crippen LogP contribution in [-0.4, -0.2) is 17.5 Å². The van der Waals surface area contributed by atoms with Crippen LogP contribution in [0.25, 0.3) is 0 Å². The van der Waals surface area contributed by atoms with Crippen molar-refractivity contribution >= 4 is 0 Å². The van der Waals surface area contributed by atoms with Gasteiger partial charge in [0.05, 0.1) is 0 Å². The summed E-state index contributed by atoms with van der Waals surface area (Å²) in [5, 5.41) is 1.38. The van der Waals surface area contributed by atoms with Gasteiger partial charge < -0.3 is 0 Å². The van der Waals surface area contributed by atoms with Gasteiger partial charge in [0, 0.05) is 7.05 Å². The summed E-state index contributed by atoms with van der Waals surface area (Å²) in [5.74, 6) is 14.4. The molecule has 0 atom stereocenters. The van der Waals surface area contributed by atoms with Crippen molar-refractivity contribution in [3.8, 4) is 0 Å². The van der Waals surface area contributed by atoms with Crippen molar-refractivity contribution in [2.75, 3.05) is 7.05 Å². The first-order valence-electron chi connectivity index (χ1n) is 1.59. The van der Waals surface area contributed by atoms with Crippen molar-refractivity contribution < 1.29 is 4.94 Å². The second-order valence-electron chi connectivity index (χ2n) is 0.988. The van der Waals surface area contributed by atoms with Gasteiger partial charge in [-0.3, -0.25) is 0 Å². The number of hydrazine groups is 3. The first-order chi connectivity index (χ1) is 3.13. The lowest BCUT2D eigenvalue weighted by atomic mass is 11.5. The summed E-state index contributed by atoms with van der Waals surface area (Å²) >= 11 is 0. The fourth-order valence-electron chi connectivity index (χ4n) is 0.149. The summed E-state index contributed by atoms with van der Waals surface area (Å²) in [6.45, 7) is 0. The highest BCUT2D eigenvalue weighted by Crippen LogP contribution is 1.67. The Labute approximate surface area is 41.2 Å². The zero-order chi connectivity index (χ0) is 5.86. The Bertz CT molecular complexity index is 37.3. The molecule has 0 aliphatic rings. The Morgan fingerprint density at radius 3 is 1.71 bits per heavy atom. The number of hydroxylamine groups is 1. The lowest BCUT2D eigenvalue weighted by Crippen LogP contribution is -2.45. The number of nitrogens with two attached hydrogens (primary N) is 3. The van der Waals surface area contributed by atoms with Gasteiger partial charge in [0.25, 0.3) is 0 Å². The van der Waals surface area contributed by atoms with Gasteiger partial charge in [0.15, 0.2) is 0 Å². The van der Waals surface area contributed by atoms with Crippen LogP contribution in [0, 0.1) is 0 Å². The highest BCUT2D eigenvalue weighted by molar-refractivity contribution is 3.91. The molecule has 6 nitrogen and oxygen atoms in total. The molecule has 44 valence electrons. The molecule has 0 bridgehead atoms. The Morgan fingerprint density at radius 1 is 1.29 bits per heavy atom. The first-order valence-corrected chi connectivity index (χ1v) is 1.59. The maximum Gasteiger partial charge on any atom is 0.0306 e. The SMILES string of the molecule is CN(N)ON(N)N. The van der Waals surface area contributed by atoms with E-state index in [1.807, 2.05) is 0 Å². The van der Waals surface area contributed by atoms with E-state index in [2.05, 4.69) is 4.94 Å². The van der Waals surface area contributed by atoms with E-state index in [0.29, 0.717) is 5.28 Å². The molecular weight excluding hydrogens is 98.0 g/mol. The Balaban J connectivity index is 2.95. The molecule has 0 heterocycles. The normalized spacial score (nSPS) is 11.1. The van der Waals surface area contributed by atoms with Crippen molar-refractivity contribution in [2.45, 2.75) is 0 Å². The Hall–Kier alpha value is -0.240. The predicted molar refractivity (Wildman–Crippen MR) is 23.2 cm³/mol. The quantitative estimate of drug-likeness (QED) is 0.271. The van der Waals surface area contributed by atoms with Crippen LogP contribution < -0.4 is 17.5 Å². The minimum atomic E-state index is 0.500. The predicted octanol–water partition coefficient (Wildman–Crippen LogP) is -2.31. The van der Waals surface area contributed by atoms with E-state index in [9.17, 15) is 0 Å². The van der Waals surface area contributed by atoms with Gasteiger partial charge >= 0.3 is 0 Å². The Morgan fingerprint density at radius 2 is 1.71 bits per heavy atom. The summed E-state index contributed by atoms with van der Waals surface area (Å²) in [7, 11) is 1.45. The second-order valence-corrected chi connectivity index (χ2v) is 0.988. The molecular formula is CH9N5O. The van der Waals surface area contributed by atoms with E-state index in [-0.39, 0.29) is 0 Å². The Kier molecular flexibility index (Phi) is 2.76. The molecule has 0 fully saturated rings. The van der Waals surface area contributed by atoms with Crippen molar-refractivity contribution in [2.24, 2.45) is 17.5 Å². The lowest BCUT2D eigenvalue weighted by Gasteiger charge is -2.12. The molecule has 6 heteroatoms. The second kappa shape index (κ2) is 2.86. The summed E-state index contributed by atoms with van der Waals surface area (Å²) in [4.78, 5) is 4.25. The minimum absolute atomic E-state index is 0.500. The van der Waals surface area contributed by atoms with Gasteiger partial charge in [-0.25, -0.2) is 17.5 Å². The zero-order valence-corrected chi connectivity index (χ0v) is 4.03. The van der Waals surface area contributed by atoms with Gasteiger partial charge in [-0.2, -0.15) is 4.94 Å². The molecule has 0 saturated heterocycles. The monoisotopic (exact) mass is 107 g/mol. The van der Waals surface area contributed by atoms with Gasteiger partial charge in [0.2, 0.25) is 0 Å². The van der Waals surface area contributed by atoms with Crippen LogP contribution in [0.4, 0.5) is 0 Å². The van der Waals surface area contributed by atoms with Crippen molar-refractivity contribution in [1.82, 2.24) is 10.5 Å². The van der Waals surface area contributed by atoms with Crippen LogP contribution in [0.5, 0.6) is 0 Å². The largest absolute Gasteiger partial charge is 0.244 e. The lowest BCUT2D eigenvalue weighted by molar-refractivity contribution is -0.323.